The van der Waals surface area contributed by atoms with Gasteiger partial charge in [-0.3, -0.25) is 0 Å². The van der Waals surface area contributed by atoms with E-state index >= 15 is 0 Å². The van der Waals surface area contributed by atoms with Crippen LogP contribution in [0.25, 0.3) is 11.1 Å². The molecule has 0 spiro atoms. The second-order valence-corrected chi connectivity index (χ2v) is 4.11. The SMILES string of the molecule is Nc1cccc(-c2ccc3c(c2)CC3)c1. The highest BCUT2D eigenvalue weighted by Gasteiger charge is 2.12. The minimum absolute atomic E-state index is 0.829. The first-order valence-corrected chi connectivity index (χ1v) is 5.31. The molecule has 0 saturated carbocycles. The molecule has 1 aliphatic rings. The number of hydrogen-bond donors (Lipinski definition) is 1. The molecule has 1 aliphatic carbocycles. The van der Waals surface area contributed by atoms with Crippen LogP contribution in [0.3, 0.4) is 0 Å². The Morgan fingerprint density at radius 2 is 1.60 bits per heavy atom. The maximum atomic E-state index is 5.78. The van der Waals surface area contributed by atoms with Gasteiger partial charge in [0, 0.05) is 5.69 Å². The average Bonchev–Trinajstić information content (AvgIpc) is 2.20. The van der Waals surface area contributed by atoms with Crippen LogP contribution in [-0.2, 0) is 12.8 Å². The third kappa shape index (κ3) is 1.40. The number of nitrogens with two attached hydrogens (primary N) is 1. The van der Waals surface area contributed by atoms with Crippen LogP contribution in [0.4, 0.5) is 5.69 Å². The van der Waals surface area contributed by atoms with Gasteiger partial charge in [0.15, 0.2) is 0 Å². The monoisotopic (exact) mass is 195 g/mol. The van der Waals surface area contributed by atoms with Crippen LogP contribution in [0, 0.1) is 0 Å². The molecule has 15 heavy (non-hydrogen) atoms. The third-order valence-electron chi connectivity index (χ3n) is 3.09. The molecule has 2 N–H and O–H groups in total. The molecular weight excluding hydrogens is 182 g/mol. The van der Waals surface area contributed by atoms with Gasteiger partial charge in [-0.2, -0.15) is 0 Å². The molecule has 1 heteroatoms. The minimum Gasteiger partial charge on any atom is -0.399 e. The zero-order valence-electron chi connectivity index (χ0n) is 8.53. The van der Waals surface area contributed by atoms with Gasteiger partial charge in [-0.05, 0) is 47.2 Å². The standard InChI is InChI=1S/C14H13N/c15-14-3-1-2-11(9-14)13-7-5-10-4-6-12(10)8-13/h1-3,5,7-9H,4,6,15H2. The van der Waals surface area contributed by atoms with Crippen molar-refractivity contribution < 1.29 is 0 Å². The molecule has 0 aliphatic heterocycles. The van der Waals surface area contributed by atoms with Crippen molar-refractivity contribution in [2.45, 2.75) is 12.8 Å². The van der Waals surface area contributed by atoms with Gasteiger partial charge in [0.2, 0.25) is 0 Å². The van der Waals surface area contributed by atoms with Crippen molar-refractivity contribution in [1.29, 1.82) is 0 Å². The van der Waals surface area contributed by atoms with Crippen LogP contribution in [0.5, 0.6) is 0 Å². The Kier molecular flexibility index (Phi) is 1.78. The molecule has 0 fully saturated rings. The summed E-state index contributed by atoms with van der Waals surface area (Å²) in [6.07, 6.45) is 2.47. The molecule has 0 unspecified atom stereocenters. The van der Waals surface area contributed by atoms with Gasteiger partial charge in [0.1, 0.15) is 0 Å². The fourth-order valence-electron chi connectivity index (χ4n) is 2.09. The van der Waals surface area contributed by atoms with E-state index in [0.717, 1.165) is 5.69 Å². The summed E-state index contributed by atoms with van der Waals surface area (Å²) in [5.41, 5.74) is 12.1. The van der Waals surface area contributed by atoms with E-state index in [2.05, 4.69) is 24.3 Å². The Balaban J connectivity index is 2.09. The molecule has 0 saturated heterocycles. The Labute approximate surface area is 89.6 Å². The second kappa shape index (κ2) is 3.13. The van der Waals surface area contributed by atoms with Crippen molar-refractivity contribution >= 4 is 5.69 Å². The molecule has 2 aromatic carbocycles. The zero-order chi connectivity index (χ0) is 10.3. The Morgan fingerprint density at radius 3 is 2.27 bits per heavy atom. The Bertz CT molecular complexity index is 514. The molecule has 0 heterocycles. The quantitative estimate of drug-likeness (QED) is 0.695. The van der Waals surface area contributed by atoms with E-state index in [0.29, 0.717) is 0 Å². The maximum Gasteiger partial charge on any atom is 0.0320 e. The lowest BCUT2D eigenvalue weighted by molar-refractivity contribution is 0.840. The van der Waals surface area contributed by atoms with Crippen LogP contribution >= 0.6 is 0 Å². The number of fused-ring (bicyclic) bond motifs is 1. The van der Waals surface area contributed by atoms with E-state index in [4.69, 9.17) is 5.73 Å². The highest BCUT2D eigenvalue weighted by Crippen LogP contribution is 2.29. The predicted molar refractivity (Wildman–Crippen MR) is 63.7 cm³/mol. The summed E-state index contributed by atoms with van der Waals surface area (Å²) in [4.78, 5) is 0. The lowest BCUT2D eigenvalue weighted by atomic mass is 9.86. The van der Waals surface area contributed by atoms with Crippen LogP contribution in [-0.4, -0.2) is 0 Å². The fourth-order valence-corrected chi connectivity index (χ4v) is 2.09. The lowest BCUT2D eigenvalue weighted by Crippen LogP contribution is -2.07. The Morgan fingerprint density at radius 1 is 0.800 bits per heavy atom. The van der Waals surface area contributed by atoms with Crippen molar-refractivity contribution in [1.82, 2.24) is 0 Å². The van der Waals surface area contributed by atoms with Gasteiger partial charge in [-0.1, -0.05) is 30.3 Å². The van der Waals surface area contributed by atoms with Gasteiger partial charge in [0.25, 0.3) is 0 Å². The van der Waals surface area contributed by atoms with E-state index in [1.54, 1.807) is 0 Å². The summed E-state index contributed by atoms with van der Waals surface area (Å²) >= 11 is 0. The second-order valence-electron chi connectivity index (χ2n) is 4.11. The molecule has 74 valence electrons. The van der Waals surface area contributed by atoms with Crippen molar-refractivity contribution in [3.05, 3.63) is 53.6 Å². The normalized spacial score (nSPS) is 13.1. The smallest absolute Gasteiger partial charge is 0.0320 e. The van der Waals surface area contributed by atoms with Gasteiger partial charge in [-0.25, -0.2) is 0 Å². The molecule has 0 bridgehead atoms. The molecule has 0 amide bonds. The Hall–Kier alpha value is -1.76. The van der Waals surface area contributed by atoms with Gasteiger partial charge in [0.05, 0.1) is 0 Å². The molecular formula is C14H13N. The first-order chi connectivity index (χ1) is 7.33. The minimum atomic E-state index is 0.829. The van der Waals surface area contributed by atoms with Crippen LogP contribution in [0.15, 0.2) is 42.5 Å². The summed E-state index contributed by atoms with van der Waals surface area (Å²) in [7, 11) is 0. The summed E-state index contributed by atoms with van der Waals surface area (Å²) < 4.78 is 0. The van der Waals surface area contributed by atoms with Crippen molar-refractivity contribution in [2.24, 2.45) is 0 Å². The number of rotatable bonds is 1. The summed E-state index contributed by atoms with van der Waals surface area (Å²) in [5, 5.41) is 0. The third-order valence-corrected chi connectivity index (χ3v) is 3.09. The lowest BCUT2D eigenvalue weighted by Gasteiger charge is -2.19. The highest BCUT2D eigenvalue weighted by atomic mass is 14.5. The van der Waals surface area contributed by atoms with E-state index < -0.39 is 0 Å². The number of benzene rings is 2. The maximum absolute atomic E-state index is 5.78. The highest BCUT2D eigenvalue weighted by molar-refractivity contribution is 5.69. The van der Waals surface area contributed by atoms with Crippen molar-refractivity contribution in [3.8, 4) is 11.1 Å². The topological polar surface area (TPSA) is 26.0 Å². The number of hydrogen-bond acceptors (Lipinski definition) is 1. The van der Waals surface area contributed by atoms with Gasteiger partial charge in [-0.15, -0.1) is 0 Å². The van der Waals surface area contributed by atoms with Crippen molar-refractivity contribution in [2.75, 3.05) is 5.73 Å². The summed E-state index contributed by atoms with van der Waals surface area (Å²) in [6.45, 7) is 0. The molecule has 0 radical (unpaired) electrons. The zero-order valence-corrected chi connectivity index (χ0v) is 8.53. The predicted octanol–water partition coefficient (Wildman–Crippen LogP) is 3.03. The van der Waals surface area contributed by atoms with E-state index in [9.17, 15) is 0 Å². The molecule has 0 atom stereocenters. The largest absolute Gasteiger partial charge is 0.399 e. The van der Waals surface area contributed by atoms with Crippen LogP contribution in [0.2, 0.25) is 0 Å². The van der Waals surface area contributed by atoms with E-state index in [1.807, 2.05) is 18.2 Å². The first-order valence-electron chi connectivity index (χ1n) is 5.31. The van der Waals surface area contributed by atoms with Crippen molar-refractivity contribution in [3.63, 3.8) is 0 Å². The van der Waals surface area contributed by atoms with Crippen LogP contribution in [0.1, 0.15) is 11.1 Å². The number of aryl methyl sites for hydroxylation is 2. The van der Waals surface area contributed by atoms with Gasteiger partial charge >= 0.3 is 0 Å². The molecule has 2 aromatic rings. The van der Waals surface area contributed by atoms with E-state index in [1.165, 1.54) is 35.1 Å². The molecule has 0 aromatic heterocycles. The van der Waals surface area contributed by atoms with Gasteiger partial charge < -0.3 is 5.73 Å². The van der Waals surface area contributed by atoms with E-state index in [-0.39, 0.29) is 0 Å². The summed E-state index contributed by atoms with van der Waals surface area (Å²) in [6, 6.07) is 14.8. The average molecular weight is 195 g/mol. The first kappa shape index (κ1) is 8.54. The number of nitrogen functional groups attached to an aromatic ring is 1. The molecule has 1 nitrogen and oxygen atoms in total. The summed E-state index contributed by atoms with van der Waals surface area (Å²) in [5.74, 6) is 0. The fraction of sp³-hybridized carbons (Fsp3) is 0.143. The molecule has 3 rings (SSSR count). The number of anilines is 1. The van der Waals surface area contributed by atoms with Crippen LogP contribution < -0.4 is 5.73 Å².